The zero-order chi connectivity index (χ0) is 20.4. The first-order valence-electron chi connectivity index (χ1n) is 8.25. The normalized spacial score (nSPS) is 12.0. The number of hydrogen-bond acceptors (Lipinski definition) is 4. The summed E-state index contributed by atoms with van der Waals surface area (Å²) >= 11 is 12.0. The van der Waals surface area contributed by atoms with Crippen LogP contribution in [0.1, 0.15) is 29.0 Å². The van der Waals surface area contributed by atoms with E-state index in [-0.39, 0.29) is 16.5 Å². The van der Waals surface area contributed by atoms with E-state index in [0.29, 0.717) is 15.6 Å². The molecule has 0 fully saturated rings. The Labute approximate surface area is 169 Å². The lowest BCUT2D eigenvalue weighted by Gasteiger charge is -2.16. The van der Waals surface area contributed by atoms with E-state index in [1.54, 1.807) is 37.3 Å². The molecule has 2 aromatic carbocycles. The number of aromatic nitrogens is 2. The van der Waals surface area contributed by atoms with Gasteiger partial charge < -0.3 is 10.4 Å². The predicted octanol–water partition coefficient (Wildman–Crippen LogP) is 3.28. The van der Waals surface area contributed by atoms with E-state index in [1.165, 1.54) is 12.1 Å². The second-order valence-corrected chi connectivity index (χ2v) is 6.96. The van der Waals surface area contributed by atoms with Crippen LogP contribution in [0, 0.1) is 0 Å². The topological polar surface area (TPSA) is 101 Å². The highest BCUT2D eigenvalue weighted by atomic mass is 35.5. The SMILES string of the molecule is CC(NC(=O)Cn1nc(C(=O)O)c2ccccc2c1=O)c1ccc(Cl)cc1Cl. The number of amides is 1. The van der Waals surface area contributed by atoms with Crippen molar-refractivity contribution in [2.45, 2.75) is 19.5 Å². The van der Waals surface area contributed by atoms with Crippen molar-refractivity contribution >= 4 is 45.9 Å². The maximum Gasteiger partial charge on any atom is 0.357 e. The highest BCUT2D eigenvalue weighted by Crippen LogP contribution is 2.26. The molecule has 0 bridgehead atoms. The van der Waals surface area contributed by atoms with Crippen molar-refractivity contribution in [3.05, 3.63) is 74.1 Å². The second kappa shape index (κ2) is 8.00. The molecular weight excluding hydrogens is 405 g/mol. The lowest BCUT2D eigenvalue weighted by atomic mass is 10.1. The molecule has 9 heteroatoms. The molecule has 3 aromatic rings. The predicted molar refractivity (Wildman–Crippen MR) is 106 cm³/mol. The highest BCUT2D eigenvalue weighted by molar-refractivity contribution is 6.35. The minimum atomic E-state index is -1.29. The summed E-state index contributed by atoms with van der Waals surface area (Å²) in [5.41, 5.74) is -0.186. The van der Waals surface area contributed by atoms with Crippen LogP contribution in [0.5, 0.6) is 0 Å². The van der Waals surface area contributed by atoms with Gasteiger partial charge in [0.1, 0.15) is 6.54 Å². The van der Waals surface area contributed by atoms with Crippen LogP contribution >= 0.6 is 23.2 Å². The molecule has 3 rings (SSSR count). The number of benzene rings is 2. The van der Waals surface area contributed by atoms with Gasteiger partial charge in [0.05, 0.1) is 11.4 Å². The molecule has 1 amide bonds. The first kappa shape index (κ1) is 19.9. The Hall–Kier alpha value is -2.90. The molecule has 0 aliphatic rings. The zero-order valence-electron chi connectivity index (χ0n) is 14.6. The fourth-order valence-corrected chi connectivity index (χ4v) is 3.43. The number of carboxylic acid groups (broad SMARTS) is 1. The molecule has 0 spiro atoms. The van der Waals surface area contributed by atoms with E-state index in [1.807, 2.05) is 0 Å². The lowest BCUT2D eigenvalue weighted by molar-refractivity contribution is -0.122. The molecule has 1 aromatic heterocycles. The molecule has 1 heterocycles. The molecule has 1 atom stereocenters. The van der Waals surface area contributed by atoms with Gasteiger partial charge in [0, 0.05) is 15.4 Å². The molecule has 0 aliphatic carbocycles. The first-order valence-corrected chi connectivity index (χ1v) is 9.01. The van der Waals surface area contributed by atoms with Crippen LogP contribution in [0.25, 0.3) is 10.8 Å². The summed E-state index contributed by atoms with van der Waals surface area (Å²) in [4.78, 5) is 36.5. The number of hydrogen-bond donors (Lipinski definition) is 2. The van der Waals surface area contributed by atoms with E-state index in [9.17, 15) is 19.5 Å². The van der Waals surface area contributed by atoms with E-state index < -0.39 is 30.0 Å². The van der Waals surface area contributed by atoms with Crippen molar-refractivity contribution in [3.63, 3.8) is 0 Å². The second-order valence-electron chi connectivity index (χ2n) is 6.12. The molecule has 0 saturated heterocycles. The third-order valence-electron chi connectivity index (χ3n) is 4.17. The maximum absolute atomic E-state index is 12.6. The van der Waals surface area contributed by atoms with Gasteiger partial charge in [0.25, 0.3) is 5.56 Å². The average Bonchev–Trinajstić information content (AvgIpc) is 2.63. The van der Waals surface area contributed by atoms with Crippen LogP contribution in [0.3, 0.4) is 0 Å². The van der Waals surface area contributed by atoms with E-state index in [4.69, 9.17) is 23.2 Å². The molecule has 28 heavy (non-hydrogen) atoms. The minimum absolute atomic E-state index is 0.177. The van der Waals surface area contributed by atoms with Crippen molar-refractivity contribution in [2.24, 2.45) is 0 Å². The summed E-state index contributed by atoms with van der Waals surface area (Å²) in [6.07, 6.45) is 0. The maximum atomic E-state index is 12.6. The van der Waals surface area contributed by atoms with Gasteiger partial charge in [-0.2, -0.15) is 5.10 Å². The third-order valence-corrected chi connectivity index (χ3v) is 4.73. The van der Waals surface area contributed by atoms with Crippen molar-refractivity contribution in [1.82, 2.24) is 15.1 Å². The summed E-state index contributed by atoms with van der Waals surface area (Å²) in [6.45, 7) is 1.30. The van der Waals surface area contributed by atoms with Crippen molar-refractivity contribution in [3.8, 4) is 0 Å². The summed E-state index contributed by atoms with van der Waals surface area (Å²) in [5.74, 6) is -1.80. The van der Waals surface area contributed by atoms with Gasteiger partial charge in [0.15, 0.2) is 5.69 Å². The van der Waals surface area contributed by atoms with E-state index in [2.05, 4.69) is 10.4 Å². The summed E-state index contributed by atoms with van der Waals surface area (Å²) < 4.78 is 0.845. The van der Waals surface area contributed by atoms with Crippen molar-refractivity contribution in [1.29, 1.82) is 0 Å². The number of aromatic carboxylic acids is 1. The monoisotopic (exact) mass is 419 g/mol. The van der Waals surface area contributed by atoms with Gasteiger partial charge in [-0.25, -0.2) is 9.48 Å². The largest absolute Gasteiger partial charge is 0.476 e. The van der Waals surface area contributed by atoms with Crippen LogP contribution in [-0.4, -0.2) is 26.8 Å². The number of fused-ring (bicyclic) bond motifs is 1. The van der Waals surface area contributed by atoms with Crippen LogP contribution in [0.15, 0.2) is 47.3 Å². The van der Waals surface area contributed by atoms with Crippen LogP contribution in [0.2, 0.25) is 10.0 Å². The number of nitrogens with zero attached hydrogens (tertiary/aromatic N) is 2. The van der Waals surface area contributed by atoms with Crippen LogP contribution in [0.4, 0.5) is 0 Å². The number of rotatable bonds is 5. The molecule has 0 radical (unpaired) electrons. The van der Waals surface area contributed by atoms with Crippen molar-refractivity contribution in [2.75, 3.05) is 0 Å². The molecule has 144 valence electrons. The molecule has 1 unspecified atom stereocenters. The van der Waals surface area contributed by atoms with Gasteiger partial charge in [-0.1, -0.05) is 47.5 Å². The van der Waals surface area contributed by atoms with Gasteiger partial charge in [-0.3, -0.25) is 9.59 Å². The molecule has 0 saturated carbocycles. The Morgan fingerprint density at radius 2 is 1.86 bits per heavy atom. The molecule has 0 aliphatic heterocycles. The summed E-state index contributed by atoms with van der Waals surface area (Å²) in [6, 6.07) is 10.7. The van der Waals surface area contributed by atoms with Crippen LogP contribution < -0.4 is 10.9 Å². The number of nitrogens with one attached hydrogen (secondary N) is 1. The standard InChI is InChI=1S/C19H15Cl2N3O4/c1-10(12-7-6-11(20)8-15(12)21)22-16(25)9-24-18(26)14-5-3-2-4-13(14)17(23-24)19(27)28/h2-8,10H,9H2,1H3,(H,22,25)(H,27,28). The first-order chi connectivity index (χ1) is 13.3. The molecular formula is C19H15Cl2N3O4. The third kappa shape index (κ3) is 4.00. The Balaban J connectivity index is 1.88. The van der Waals surface area contributed by atoms with E-state index >= 15 is 0 Å². The molecule has 7 nitrogen and oxygen atoms in total. The van der Waals surface area contributed by atoms with Gasteiger partial charge >= 0.3 is 5.97 Å². The Morgan fingerprint density at radius 1 is 1.18 bits per heavy atom. The number of halogens is 2. The minimum Gasteiger partial charge on any atom is -0.476 e. The van der Waals surface area contributed by atoms with Crippen LogP contribution in [-0.2, 0) is 11.3 Å². The fraction of sp³-hybridized carbons (Fsp3) is 0.158. The van der Waals surface area contributed by atoms with Gasteiger partial charge in [0.2, 0.25) is 5.91 Å². The average molecular weight is 420 g/mol. The number of carbonyl (C=O) groups is 2. The quantitative estimate of drug-likeness (QED) is 0.660. The summed E-state index contributed by atoms with van der Waals surface area (Å²) in [7, 11) is 0. The zero-order valence-corrected chi connectivity index (χ0v) is 16.2. The Kier molecular flexibility index (Phi) is 5.67. The molecule has 2 N–H and O–H groups in total. The van der Waals surface area contributed by atoms with E-state index in [0.717, 1.165) is 4.68 Å². The Bertz CT molecular complexity index is 1140. The fourth-order valence-electron chi connectivity index (χ4n) is 2.85. The number of carbonyl (C=O) groups excluding carboxylic acids is 1. The number of carboxylic acids is 1. The van der Waals surface area contributed by atoms with Crippen molar-refractivity contribution < 1.29 is 14.7 Å². The summed E-state index contributed by atoms with van der Waals surface area (Å²) in [5, 5.41) is 17.2. The van der Waals surface area contributed by atoms with Gasteiger partial charge in [-0.05, 0) is 30.7 Å². The Morgan fingerprint density at radius 3 is 2.50 bits per heavy atom. The van der Waals surface area contributed by atoms with Gasteiger partial charge in [-0.15, -0.1) is 0 Å². The smallest absolute Gasteiger partial charge is 0.357 e. The highest BCUT2D eigenvalue weighted by Gasteiger charge is 2.18. The lowest BCUT2D eigenvalue weighted by Crippen LogP contribution is -2.36.